The van der Waals surface area contributed by atoms with E-state index in [1.807, 2.05) is 18.2 Å². The Morgan fingerprint density at radius 2 is 1.89 bits per heavy atom. The molecule has 0 aliphatic heterocycles. The van der Waals surface area contributed by atoms with Gasteiger partial charge in [-0.15, -0.1) is 0 Å². The summed E-state index contributed by atoms with van der Waals surface area (Å²) in [5, 5.41) is 0. The van der Waals surface area contributed by atoms with Gasteiger partial charge < -0.3 is 9.47 Å². The number of rotatable bonds is 4. The van der Waals surface area contributed by atoms with Crippen LogP contribution in [0.1, 0.15) is 5.56 Å². The lowest BCUT2D eigenvalue weighted by Crippen LogP contribution is -2.00. The largest absolute Gasteiger partial charge is 0.496 e. The number of para-hydroxylation sites is 1. The van der Waals surface area contributed by atoms with Crippen LogP contribution in [-0.2, 0) is 6.61 Å². The molecule has 94 valence electrons. The van der Waals surface area contributed by atoms with Gasteiger partial charge in [0.25, 0.3) is 0 Å². The van der Waals surface area contributed by atoms with Crippen LogP contribution in [0.4, 0.5) is 4.39 Å². The van der Waals surface area contributed by atoms with Gasteiger partial charge in [-0.2, -0.15) is 0 Å². The average molecular weight is 311 g/mol. The lowest BCUT2D eigenvalue weighted by molar-refractivity contribution is 0.282. The predicted molar refractivity (Wildman–Crippen MR) is 71.4 cm³/mol. The van der Waals surface area contributed by atoms with Crippen molar-refractivity contribution in [1.29, 1.82) is 0 Å². The Morgan fingerprint density at radius 3 is 2.61 bits per heavy atom. The molecule has 0 saturated heterocycles. The fourth-order valence-corrected chi connectivity index (χ4v) is 1.99. The van der Waals surface area contributed by atoms with Crippen LogP contribution < -0.4 is 9.47 Å². The van der Waals surface area contributed by atoms with Gasteiger partial charge in [-0.25, -0.2) is 4.39 Å². The summed E-state index contributed by atoms with van der Waals surface area (Å²) in [5.74, 6) is 0.584. The van der Waals surface area contributed by atoms with Crippen molar-refractivity contribution in [3.8, 4) is 11.5 Å². The molecule has 0 spiro atoms. The molecule has 0 fully saturated rings. The summed E-state index contributed by atoms with van der Waals surface area (Å²) in [4.78, 5) is 0. The first-order chi connectivity index (χ1) is 8.70. The lowest BCUT2D eigenvalue weighted by Gasteiger charge is -2.11. The molecule has 0 aliphatic rings. The van der Waals surface area contributed by atoms with E-state index in [1.165, 1.54) is 6.07 Å². The Labute approximate surface area is 113 Å². The standard InChI is InChI=1S/C14H12BrFO2/c1-17-13-7-6-11(15)8-10(13)9-18-14-5-3-2-4-12(14)16/h2-8H,9H2,1H3. The van der Waals surface area contributed by atoms with Gasteiger partial charge in [0.1, 0.15) is 12.4 Å². The zero-order valence-corrected chi connectivity index (χ0v) is 11.4. The smallest absolute Gasteiger partial charge is 0.165 e. The van der Waals surface area contributed by atoms with Crippen LogP contribution in [0.5, 0.6) is 11.5 Å². The van der Waals surface area contributed by atoms with Crippen LogP contribution in [0.25, 0.3) is 0 Å². The van der Waals surface area contributed by atoms with Crippen molar-refractivity contribution in [2.45, 2.75) is 6.61 Å². The number of hydrogen-bond acceptors (Lipinski definition) is 2. The SMILES string of the molecule is COc1ccc(Br)cc1COc1ccccc1F. The molecule has 0 aromatic heterocycles. The summed E-state index contributed by atoms with van der Waals surface area (Å²) in [7, 11) is 1.59. The van der Waals surface area contributed by atoms with Gasteiger partial charge in [0, 0.05) is 10.0 Å². The van der Waals surface area contributed by atoms with Crippen LogP contribution in [0.2, 0.25) is 0 Å². The van der Waals surface area contributed by atoms with E-state index in [1.54, 1.807) is 25.3 Å². The van der Waals surface area contributed by atoms with Gasteiger partial charge in [-0.3, -0.25) is 0 Å². The minimum Gasteiger partial charge on any atom is -0.496 e. The topological polar surface area (TPSA) is 18.5 Å². The first-order valence-corrected chi connectivity index (χ1v) is 6.20. The van der Waals surface area contributed by atoms with Crippen LogP contribution in [0, 0.1) is 5.82 Å². The van der Waals surface area contributed by atoms with E-state index in [4.69, 9.17) is 9.47 Å². The Kier molecular flexibility index (Phi) is 4.20. The predicted octanol–water partition coefficient (Wildman–Crippen LogP) is 4.18. The first-order valence-electron chi connectivity index (χ1n) is 5.40. The molecule has 4 heteroatoms. The van der Waals surface area contributed by atoms with E-state index in [0.717, 1.165) is 15.8 Å². The Bertz CT molecular complexity index is 543. The molecule has 0 radical (unpaired) electrons. The maximum atomic E-state index is 13.4. The third kappa shape index (κ3) is 3.01. The maximum Gasteiger partial charge on any atom is 0.165 e. The highest BCUT2D eigenvalue weighted by Gasteiger charge is 2.06. The molecular formula is C14H12BrFO2. The molecule has 2 rings (SSSR count). The van der Waals surface area contributed by atoms with Gasteiger partial charge in [0.15, 0.2) is 11.6 Å². The number of hydrogen-bond donors (Lipinski definition) is 0. The number of methoxy groups -OCH3 is 1. The summed E-state index contributed by atoms with van der Waals surface area (Å²) in [6, 6.07) is 11.9. The Morgan fingerprint density at radius 1 is 1.11 bits per heavy atom. The molecule has 0 aliphatic carbocycles. The molecular weight excluding hydrogens is 299 g/mol. The highest BCUT2D eigenvalue weighted by Crippen LogP contribution is 2.25. The van der Waals surface area contributed by atoms with Crippen molar-refractivity contribution in [1.82, 2.24) is 0 Å². The van der Waals surface area contributed by atoms with Crippen molar-refractivity contribution in [3.63, 3.8) is 0 Å². The number of benzene rings is 2. The van der Waals surface area contributed by atoms with Crippen molar-refractivity contribution < 1.29 is 13.9 Å². The molecule has 0 heterocycles. The fourth-order valence-electron chi connectivity index (χ4n) is 1.58. The molecule has 2 nitrogen and oxygen atoms in total. The van der Waals surface area contributed by atoms with Crippen LogP contribution in [0.15, 0.2) is 46.9 Å². The Hall–Kier alpha value is -1.55. The zero-order chi connectivity index (χ0) is 13.0. The van der Waals surface area contributed by atoms with Crippen molar-refractivity contribution in [2.75, 3.05) is 7.11 Å². The fraction of sp³-hybridized carbons (Fsp3) is 0.143. The second-order valence-corrected chi connectivity index (χ2v) is 4.59. The molecule has 18 heavy (non-hydrogen) atoms. The quantitative estimate of drug-likeness (QED) is 0.843. The van der Waals surface area contributed by atoms with Gasteiger partial charge in [-0.1, -0.05) is 28.1 Å². The molecule has 0 bridgehead atoms. The van der Waals surface area contributed by atoms with Crippen LogP contribution in [-0.4, -0.2) is 7.11 Å². The van der Waals surface area contributed by atoms with Crippen molar-refractivity contribution in [2.24, 2.45) is 0 Å². The third-order valence-corrected chi connectivity index (χ3v) is 2.96. The van der Waals surface area contributed by atoms with E-state index in [2.05, 4.69) is 15.9 Å². The summed E-state index contributed by atoms with van der Waals surface area (Å²) in [6.07, 6.45) is 0. The lowest BCUT2D eigenvalue weighted by atomic mass is 10.2. The maximum absolute atomic E-state index is 13.4. The van der Waals surface area contributed by atoms with Crippen molar-refractivity contribution >= 4 is 15.9 Å². The monoisotopic (exact) mass is 310 g/mol. The zero-order valence-electron chi connectivity index (χ0n) is 9.82. The Balaban J connectivity index is 2.15. The summed E-state index contributed by atoms with van der Waals surface area (Å²) in [5.41, 5.74) is 0.857. The van der Waals surface area contributed by atoms with Gasteiger partial charge in [0.05, 0.1) is 7.11 Å². The van der Waals surface area contributed by atoms with Gasteiger partial charge in [0.2, 0.25) is 0 Å². The minimum absolute atomic E-state index is 0.236. The minimum atomic E-state index is -0.369. The van der Waals surface area contributed by atoms with Gasteiger partial charge >= 0.3 is 0 Å². The summed E-state index contributed by atoms with van der Waals surface area (Å²) < 4.78 is 25.0. The number of ether oxygens (including phenoxy) is 2. The van der Waals surface area contributed by atoms with E-state index < -0.39 is 0 Å². The van der Waals surface area contributed by atoms with E-state index >= 15 is 0 Å². The molecule has 0 unspecified atom stereocenters. The average Bonchev–Trinajstić information content (AvgIpc) is 2.38. The highest BCUT2D eigenvalue weighted by molar-refractivity contribution is 9.10. The van der Waals surface area contributed by atoms with E-state index in [9.17, 15) is 4.39 Å². The summed E-state index contributed by atoms with van der Waals surface area (Å²) in [6.45, 7) is 0.254. The van der Waals surface area contributed by atoms with Crippen LogP contribution >= 0.6 is 15.9 Å². The third-order valence-electron chi connectivity index (χ3n) is 2.46. The molecule has 0 saturated carbocycles. The number of halogens is 2. The van der Waals surface area contributed by atoms with E-state index in [0.29, 0.717) is 0 Å². The van der Waals surface area contributed by atoms with E-state index in [-0.39, 0.29) is 18.2 Å². The van der Waals surface area contributed by atoms with Crippen molar-refractivity contribution in [3.05, 3.63) is 58.3 Å². The molecule has 0 atom stereocenters. The van der Waals surface area contributed by atoms with Crippen LogP contribution in [0.3, 0.4) is 0 Å². The molecule has 0 amide bonds. The van der Waals surface area contributed by atoms with Gasteiger partial charge in [-0.05, 0) is 30.3 Å². The summed E-state index contributed by atoms with van der Waals surface area (Å²) >= 11 is 3.38. The first kappa shape index (κ1) is 12.9. The highest BCUT2D eigenvalue weighted by atomic mass is 79.9. The normalized spacial score (nSPS) is 10.2. The molecule has 0 N–H and O–H groups in total. The second-order valence-electron chi connectivity index (χ2n) is 3.68. The molecule has 2 aromatic rings. The second kappa shape index (κ2) is 5.87. The molecule has 2 aromatic carbocycles.